The largest absolute Gasteiger partial charge is 0.323 e. The van der Waals surface area contributed by atoms with Crippen molar-refractivity contribution in [2.45, 2.75) is 19.0 Å². The number of hydrogen-bond acceptors (Lipinski definition) is 4. The molecule has 0 radical (unpaired) electrons. The van der Waals surface area contributed by atoms with Crippen LogP contribution in [0.2, 0.25) is 5.02 Å². The molecule has 0 saturated heterocycles. The highest BCUT2D eigenvalue weighted by Crippen LogP contribution is 2.39. The minimum atomic E-state index is -0.873. The molecule has 8 heteroatoms. The fourth-order valence-corrected chi connectivity index (χ4v) is 4.38. The van der Waals surface area contributed by atoms with E-state index in [4.69, 9.17) is 11.6 Å². The number of nitrogens with zero attached hydrogens (tertiary/aromatic N) is 3. The first kappa shape index (κ1) is 21.5. The smallest absolute Gasteiger partial charge is 0.257 e. The second kappa shape index (κ2) is 8.76. The molecule has 4 rings (SSSR count). The standard InChI is InChI=1S/C23H18ClIN4O2/c1-13(17-4-3-11-27-21(17)26-2)29-20(14-5-7-15(24)8-6-14)22(30)28-19-10-9-16(25)12-18(19)23(29)31/h3-13,20H,2H2,1H3,(H,28,30). The van der Waals surface area contributed by atoms with Gasteiger partial charge in [0.1, 0.15) is 6.04 Å². The zero-order valence-corrected chi connectivity index (χ0v) is 19.5. The number of anilines is 1. The Morgan fingerprint density at radius 1 is 1.19 bits per heavy atom. The molecule has 3 aromatic rings. The van der Waals surface area contributed by atoms with Crippen molar-refractivity contribution in [3.8, 4) is 0 Å². The second-order valence-electron chi connectivity index (χ2n) is 7.10. The van der Waals surface area contributed by atoms with Gasteiger partial charge >= 0.3 is 0 Å². The number of carbonyl (C=O) groups is 2. The maximum Gasteiger partial charge on any atom is 0.257 e. The highest BCUT2D eigenvalue weighted by Gasteiger charge is 2.40. The summed E-state index contributed by atoms with van der Waals surface area (Å²) >= 11 is 8.21. The van der Waals surface area contributed by atoms with Crippen LogP contribution in [0.1, 0.15) is 40.5 Å². The van der Waals surface area contributed by atoms with Gasteiger partial charge in [0.05, 0.1) is 17.3 Å². The number of nitrogens with one attached hydrogen (secondary N) is 1. The van der Waals surface area contributed by atoms with Crippen LogP contribution in [0.5, 0.6) is 0 Å². The molecule has 0 aliphatic carbocycles. The van der Waals surface area contributed by atoms with Crippen molar-refractivity contribution in [3.63, 3.8) is 0 Å². The van der Waals surface area contributed by atoms with E-state index in [1.807, 2.05) is 19.1 Å². The number of aromatic nitrogens is 1. The van der Waals surface area contributed by atoms with Crippen molar-refractivity contribution < 1.29 is 9.59 Å². The van der Waals surface area contributed by atoms with Gasteiger partial charge in [0.15, 0.2) is 5.82 Å². The van der Waals surface area contributed by atoms with Crippen LogP contribution < -0.4 is 5.32 Å². The van der Waals surface area contributed by atoms with E-state index in [2.05, 4.69) is 44.6 Å². The van der Waals surface area contributed by atoms with Crippen LogP contribution in [0, 0.1) is 3.57 Å². The van der Waals surface area contributed by atoms with Crippen molar-refractivity contribution in [1.82, 2.24) is 9.88 Å². The molecule has 6 nitrogen and oxygen atoms in total. The van der Waals surface area contributed by atoms with E-state index in [0.717, 1.165) is 3.57 Å². The van der Waals surface area contributed by atoms with Gasteiger partial charge in [0.2, 0.25) is 0 Å². The van der Waals surface area contributed by atoms with Crippen molar-refractivity contribution in [2.24, 2.45) is 4.99 Å². The number of fused-ring (bicyclic) bond motifs is 1. The number of pyridine rings is 1. The molecule has 2 aromatic carbocycles. The summed E-state index contributed by atoms with van der Waals surface area (Å²) in [6.07, 6.45) is 1.62. The van der Waals surface area contributed by atoms with Crippen molar-refractivity contribution in [3.05, 3.63) is 86.1 Å². The monoisotopic (exact) mass is 544 g/mol. The summed E-state index contributed by atoms with van der Waals surface area (Å²) in [7, 11) is 0. The Labute approximate surface area is 198 Å². The Kier molecular flexibility index (Phi) is 6.06. The lowest BCUT2D eigenvalue weighted by atomic mass is 9.99. The third kappa shape index (κ3) is 4.07. The molecule has 0 bridgehead atoms. The van der Waals surface area contributed by atoms with Gasteiger partial charge in [-0.1, -0.05) is 29.8 Å². The van der Waals surface area contributed by atoms with Gasteiger partial charge in [-0.2, -0.15) is 0 Å². The van der Waals surface area contributed by atoms with E-state index in [1.54, 1.807) is 53.6 Å². The zero-order valence-electron chi connectivity index (χ0n) is 16.5. The van der Waals surface area contributed by atoms with Gasteiger partial charge in [-0.15, -0.1) is 0 Å². The molecule has 1 aliphatic rings. The number of hydrogen-bond donors (Lipinski definition) is 1. The molecule has 31 heavy (non-hydrogen) atoms. The maximum atomic E-state index is 13.8. The molecular formula is C23H18ClIN4O2. The average molecular weight is 545 g/mol. The zero-order chi connectivity index (χ0) is 22.1. The normalized spacial score (nSPS) is 16.9. The lowest BCUT2D eigenvalue weighted by Crippen LogP contribution is -2.40. The highest BCUT2D eigenvalue weighted by molar-refractivity contribution is 14.1. The number of carbonyl (C=O) groups excluding carboxylic acids is 2. The summed E-state index contributed by atoms with van der Waals surface area (Å²) in [6, 6.07) is 14.6. The molecule has 2 atom stereocenters. The van der Waals surface area contributed by atoms with Gasteiger partial charge in [0.25, 0.3) is 11.8 Å². The quantitative estimate of drug-likeness (QED) is 0.345. The summed E-state index contributed by atoms with van der Waals surface area (Å²) in [4.78, 5) is 37.1. The summed E-state index contributed by atoms with van der Waals surface area (Å²) in [5.41, 5.74) is 2.27. The Bertz CT molecular complexity index is 1180. The molecule has 2 amide bonds. The van der Waals surface area contributed by atoms with Gasteiger partial charge in [-0.05, 0) is 78.2 Å². The lowest BCUT2D eigenvalue weighted by Gasteiger charge is -2.34. The molecule has 1 aliphatic heterocycles. The van der Waals surface area contributed by atoms with Crippen LogP contribution in [-0.2, 0) is 4.79 Å². The van der Waals surface area contributed by atoms with Gasteiger partial charge in [-0.25, -0.2) is 9.98 Å². The van der Waals surface area contributed by atoms with Crippen molar-refractivity contribution in [2.75, 3.05) is 5.32 Å². The molecule has 0 saturated carbocycles. The molecule has 0 spiro atoms. The average Bonchev–Trinajstić information content (AvgIpc) is 2.88. The van der Waals surface area contributed by atoms with E-state index in [1.165, 1.54) is 0 Å². The van der Waals surface area contributed by atoms with Gasteiger partial charge < -0.3 is 10.2 Å². The number of benzene rings is 2. The minimum Gasteiger partial charge on any atom is -0.323 e. The van der Waals surface area contributed by atoms with Crippen LogP contribution in [0.25, 0.3) is 0 Å². The summed E-state index contributed by atoms with van der Waals surface area (Å²) in [5, 5.41) is 3.47. The minimum absolute atomic E-state index is 0.266. The van der Waals surface area contributed by atoms with Gasteiger partial charge in [0, 0.05) is 20.4 Å². The molecule has 1 N–H and O–H groups in total. The van der Waals surface area contributed by atoms with E-state index in [9.17, 15) is 9.59 Å². The Hall–Kier alpha value is -2.78. The summed E-state index contributed by atoms with van der Waals surface area (Å²) < 4.78 is 0.895. The third-order valence-corrected chi connectivity index (χ3v) is 6.17. The summed E-state index contributed by atoms with van der Waals surface area (Å²) in [6.45, 7) is 5.45. The number of amides is 2. The summed E-state index contributed by atoms with van der Waals surface area (Å²) in [5.74, 6) is -0.150. The topological polar surface area (TPSA) is 74.7 Å². The molecule has 2 unspecified atom stereocenters. The number of aliphatic imine (C=N–C) groups is 1. The molecule has 1 aromatic heterocycles. The van der Waals surface area contributed by atoms with E-state index in [0.29, 0.717) is 33.2 Å². The fourth-order valence-electron chi connectivity index (χ4n) is 3.76. The Morgan fingerprint density at radius 2 is 1.94 bits per heavy atom. The van der Waals surface area contributed by atoms with Gasteiger partial charge in [-0.3, -0.25) is 9.59 Å². The first-order valence-corrected chi connectivity index (χ1v) is 11.0. The van der Waals surface area contributed by atoms with E-state index in [-0.39, 0.29) is 11.8 Å². The third-order valence-electron chi connectivity index (χ3n) is 5.25. The van der Waals surface area contributed by atoms with Crippen LogP contribution in [0.15, 0.2) is 65.8 Å². The molecule has 156 valence electrons. The second-order valence-corrected chi connectivity index (χ2v) is 8.78. The van der Waals surface area contributed by atoms with E-state index < -0.39 is 12.1 Å². The fraction of sp³-hybridized carbons (Fsp3) is 0.130. The maximum absolute atomic E-state index is 13.8. The van der Waals surface area contributed by atoms with Crippen LogP contribution in [-0.4, -0.2) is 28.4 Å². The Morgan fingerprint density at radius 3 is 2.65 bits per heavy atom. The van der Waals surface area contributed by atoms with Crippen LogP contribution >= 0.6 is 34.2 Å². The number of rotatable bonds is 4. The van der Waals surface area contributed by atoms with Crippen molar-refractivity contribution >= 4 is 64.2 Å². The molecular weight excluding hydrogens is 527 g/mol. The van der Waals surface area contributed by atoms with Crippen LogP contribution in [0.4, 0.5) is 11.5 Å². The predicted octanol–water partition coefficient (Wildman–Crippen LogP) is 5.57. The van der Waals surface area contributed by atoms with Crippen molar-refractivity contribution in [1.29, 1.82) is 0 Å². The first-order valence-electron chi connectivity index (χ1n) is 9.51. The Balaban J connectivity index is 1.92. The molecule has 0 fully saturated rings. The predicted molar refractivity (Wildman–Crippen MR) is 130 cm³/mol. The molecule has 2 heterocycles. The van der Waals surface area contributed by atoms with E-state index >= 15 is 0 Å². The van der Waals surface area contributed by atoms with Crippen LogP contribution in [0.3, 0.4) is 0 Å². The SMILES string of the molecule is C=Nc1ncccc1C(C)N1C(=O)c2cc(I)ccc2NC(=O)C1c1ccc(Cl)cc1. The highest BCUT2D eigenvalue weighted by atomic mass is 127. The lowest BCUT2D eigenvalue weighted by molar-refractivity contribution is -0.121. The first-order chi connectivity index (χ1) is 14.9. The number of halogens is 2.